The molecule has 7 heteroatoms. The number of carbonyl (C=O) groups excluding carboxylic acids is 2. The van der Waals surface area contributed by atoms with Crippen LogP contribution in [0.25, 0.3) is 10.2 Å². The Morgan fingerprint density at radius 3 is 2.45 bits per heavy atom. The monoisotopic (exact) mass is 463 g/mol. The molecule has 0 N–H and O–H groups in total. The molecule has 0 aliphatic carbocycles. The van der Waals surface area contributed by atoms with Crippen molar-refractivity contribution >= 4 is 33.2 Å². The predicted molar refractivity (Wildman–Crippen MR) is 130 cm³/mol. The maximum atomic E-state index is 13.4. The van der Waals surface area contributed by atoms with E-state index in [0.29, 0.717) is 47.6 Å². The highest BCUT2D eigenvalue weighted by Gasteiger charge is 2.31. The minimum absolute atomic E-state index is 0.00731. The Morgan fingerprint density at radius 2 is 1.73 bits per heavy atom. The number of hydrogen-bond acceptors (Lipinski definition) is 5. The highest BCUT2D eigenvalue weighted by molar-refractivity contribution is 7.20. The van der Waals surface area contributed by atoms with Gasteiger partial charge in [0.05, 0.1) is 10.3 Å². The minimum Gasteiger partial charge on any atom is -0.338 e. The lowest BCUT2D eigenvalue weighted by molar-refractivity contribution is 0.0654. The smallest absolute Gasteiger partial charge is 0.264 e. The lowest BCUT2D eigenvalue weighted by Crippen LogP contribution is -2.40. The van der Waals surface area contributed by atoms with Crippen LogP contribution in [0.1, 0.15) is 69.1 Å². The summed E-state index contributed by atoms with van der Waals surface area (Å²) in [5, 5.41) is 0.596. The van der Waals surface area contributed by atoms with Crippen molar-refractivity contribution in [2.45, 2.75) is 58.9 Å². The molecule has 5 rings (SSSR count). The second kappa shape index (κ2) is 8.86. The molecule has 1 fully saturated rings. The Morgan fingerprint density at radius 1 is 1.00 bits per heavy atom. The summed E-state index contributed by atoms with van der Waals surface area (Å²) in [4.78, 5) is 47.4. The summed E-state index contributed by atoms with van der Waals surface area (Å²) in [5.41, 5.74) is 2.62. The molecule has 33 heavy (non-hydrogen) atoms. The molecule has 0 spiro atoms. The van der Waals surface area contributed by atoms with Crippen molar-refractivity contribution in [1.29, 1.82) is 0 Å². The second-order valence-electron chi connectivity index (χ2n) is 9.33. The summed E-state index contributed by atoms with van der Waals surface area (Å²) in [5.74, 6) is 0.915. The first-order chi connectivity index (χ1) is 15.9. The zero-order chi connectivity index (χ0) is 23.1. The third-order valence-corrected chi connectivity index (χ3v) is 8.27. The fraction of sp³-hybridized carbons (Fsp3) is 0.462. The summed E-state index contributed by atoms with van der Waals surface area (Å²) in [6.45, 7) is 5.69. The lowest BCUT2D eigenvalue weighted by Gasteiger charge is -2.31. The fourth-order valence-corrected chi connectivity index (χ4v) is 6.21. The van der Waals surface area contributed by atoms with Crippen LogP contribution in [0, 0.1) is 19.8 Å². The molecule has 0 atom stereocenters. The normalized spacial score (nSPS) is 17.1. The molecule has 2 aliphatic heterocycles. The summed E-state index contributed by atoms with van der Waals surface area (Å²) in [6.07, 6.45) is 5.29. The Kier molecular flexibility index (Phi) is 5.91. The minimum atomic E-state index is -0.0535. The van der Waals surface area contributed by atoms with Gasteiger partial charge in [-0.1, -0.05) is 36.2 Å². The van der Waals surface area contributed by atoms with Crippen LogP contribution in [-0.4, -0.2) is 39.2 Å². The first-order valence-corrected chi connectivity index (χ1v) is 12.7. The number of aryl methyl sites for hydroxylation is 3. The van der Waals surface area contributed by atoms with Crippen molar-refractivity contribution in [3.63, 3.8) is 0 Å². The first kappa shape index (κ1) is 22.0. The summed E-state index contributed by atoms with van der Waals surface area (Å²) in [7, 11) is 0. The van der Waals surface area contributed by atoms with Gasteiger partial charge in [-0.15, -0.1) is 11.3 Å². The molecule has 0 radical (unpaired) electrons. The molecule has 4 heterocycles. The molecule has 6 nitrogen and oxygen atoms in total. The third-order valence-electron chi connectivity index (χ3n) is 7.09. The molecular formula is C26H29N3O3S. The zero-order valence-corrected chi connectivity index (χ0v) is 20.0. The van der Waals surface area contributed by atoms with Crippen LogP contribution in [0.5, 0.6) is 0 Å². The fourth-order valence-electron chi connectivity index (χ4n) is 5.06. The maximum absolute atomic E-state index is 13.4. The van der Waals surface area contributed by atoms with E-state index in [1.54, 1.807) is 0 Å². The maximum Gasteiger partial charge on any atom is 0.264 e. The number of hydrogen-bond donors (Lipinski definition) is 0. The van der Waals surface area contributed by atoms with Crippen molar-refractivity contribution < 1.29 is 9.59 Å². The number of rotatable bonds is 3. The quantitative estimate of drug-likeness (QED) is 0.535. The van der Waals surface area contributed by atoms with Crippen LogP contribution in [0.4, 0.5) is 0 Å². The zero-order valence-electron chi connectivity index (χ0n) is 19.2. The topological polar surface area (TPSA) is 72.3 Å². The van der Waals surface area contributed by atoms with Crippen molar-refractivity contribution in [2.24, 2.45) is 5.92 Å². The molecule has 0 unspecified atom stereocenters. The van der Waals surface area contributed by atoms with E-state index < -0.39 is 0 Å². The lowest BCUT2D eigenvalue weighted by atomic mass is 9.88. The van der Waals surface area contributed by atoms with Crippen LogP contribution in [0.15, 0.2) is 29.1 Å². The van der Waals surface area contributed by atoms with Gasteiger partial charge < -0.3 is 4.90 Å². The van der Waals surface area contributed by atoms with Crippen molar-refractivity contribution in [3.05, 3.63) is 62.0 Å². The third kappa shape index (κ3) is 4.03. The Labute approximate surface area is 197 Å². The number of nitrogens with zero attached hydrogens (tertiary/aromatic N) is 3. The van der Waals surface area contributed by atoms with E-state index in [1.807, 2.05) is 47.6 Å². The molecule has 2 aromatic heterocycles. The van der Waals surface area contributed by atoms with Crippen LogP contribution < -0.4 is 5.56 Å². The second-order valence-corrected chi connectivity index (χ2v) is 10.3. The molecule has 0 bridgehead atoms. The van der Waals surface area contributed by atoms with E-state index >= 15 is 0 Å². The molecule has 1 aromatic carbocycles. The van der Waals surface area contributed by atoms with Gasteiger partial charge in [0.1, 0.15) is 10.7 Å². The van der Waals surface area contributed by atoms with E-state index in [-0.39, 0.29) is 23.2 Å². The Bertz CT molecular complexity index is 1280. The molecule has 172 valence electrons. The van der Waals surface area contributed by atoms with E-state index in [4.69, 9.17) is 4.98 Å². The summed E-state index contributed by atoms with van der Waals surface area (Å²) >= 11 is 1.34. The first-order valence-electron chi connectivity index (χ1n) is 11.9. The predicted octanol–water partition coefficient (Wildman–Crippen LogP) is 4.54. The summed E-state index contributed by atoms with van der Waals surface area (Å²) < 4.78 is 1.81. The van der Waals surface area contributed by atoms with Gasteiger partial charge in [-0.2, -0.15) is 0 Å². The van der Waals surface area contributed by atoms with Crippen molar-refractivity contribution in [3.8, 4) is 0 Å². The number of aromatic nitrogens is 2. The van der Waals surface area contributed by atoms with Crippen LogP contribution in [-0.2, 0) is 13.0 Å². The molecule has 1 amide bonds. The van der Waals surface area contributed by atoms with E-state index in [1.165, 1.54) is 11.3 Å². The Hall–Kier alpha value is -2.80. The van der Waals surface area contributed by atoms with Gasteiger partial charge in [0.25, 0.3) is 11.5 Å². The van der Waals surface area contributed by atoms with Gasteiger partial charge in [0.15, 0.2) is 5.78 Å². The van der Waals surface area contributed by atoms with Crippen molar-refractivity contribution in [1.82, 2.24) is 14.5 Å². The molecular weight excluding hydrogens is 434 g/mol. The highest BCUT2D eigenvalue weighted by atomic mass is 32.1. The molecule has 3 aromatic rings. The number of thiophene rings is 1. The van der Waals surface area contributed by atoms with Gasteiger partial charge in [-0.3, -0.25) is 19.0 Å². The van der Waals surface area contributed by atoms with E-state index in [0.717, 1.165) is 48.2 Å². The molecule has 1 saturated heterocycles. The number of carbonyl (C=O) groups is 2. The van der Waals surface area contributed by atoms with E-state index in [2.05, 4.69) is 0 Å². The average Bonchev–Trinajstić information content (AvgIpc) is 2.99. The van der Waals surface area contributed by atoms with Crippen LogP contribution in [0.2, 0.25) is 0 Å². The standard InChI is InChI=1S/C26H29N3O3S/c1-16-7-9-18(10-8-16)22(30)19-11-14-28(15-12-19)26(32)23-17(2)21-24(33-23)27-20-6-4-3-5-13-29(20)25(21)31/h7-10,19H,3-6,11-15H2,1-2H3. The summed E-state index contributed by atoms with van der Waals surface area (Å²) in [6, 6.07) is 7.71. The largest absolute Gasteiger partial charge is 0.338 e. The van der Waals surface area contributed by atoms with Gasteiger partial charge in [-0.25, -0.2) is 4.98 Å². The highest BCUT2D eigenvalue weighted by Crippen LogP contribution is 2.31. The number of benzene rings is 1. The number of piperidine rings is 1. The number of ketones is 1. The number of likely N-dealkylation sites (tertiary alicyclic amines) is 1. The molecule has 0 saturated carbocycles. The van der Waals surface area contributed by atoms with Crippen LogP contribution >= 0.6 is 11.3 Å². The average molecular weight is 464 g/mol. The SMILES string of the molecule is Cc1ccc(C(=O)C2CCN(C(=O)c3sc4nc5n(c(=O)c4c3C)CCCCC5)CC2)cc1. The van der Waals surface area contributed by atoms with Crippen LogP contribution in [0.3, 0.4) is 0 Å². The molecule has 2 aliphatic rings. The van der Waals surface area contributed by atoms with Gasteiger partial charge in [-0.05, 0) is 45.1 Å². The van der Waals surface area contributed by atoms with Gasteiger partial charge in [0.2, 0.25) is 0 Å². The number of Topliss-reactive ketones (excluding diaryl/α,β-unsaturated/α-hetero) is 1. The number of fused-ring (bicyclic) bond motifs is 2. The van der Waals surface area contributed by atoms with E-state index in [9.17, 15) is 14.4 Å². The Balaban J connectivity index is 1.35. The van der Waals surface area contributed by atoms with Gasteiger partial charge >= 0.3 is 0 Å². The van der Waals surface area contributed by atoms with Gasteiger partial charge in [0, 0.05) is 37.5 Å². The van der Waals surface area contributed by atoms with Crippen molar-refractivity contribution in [2.75, 3.05) is 13.1 Å². The number of amides is 1.